The van der Waals surface area contributed by atoms with E-state index in [0.717, 1.165) is 61.3 Å². The molecule has 0 spiro atoms. The van der Waals surface area contributed by atoms with Gasteiger partial charge >= 0.3 is 6.03 Å². The van der Waals surface area contributed by atoms with E-state index < -0.39 is 0 Å². The fraction of sp³-hybridized carbons (Fsp3) is 0.387. The summed E-state index contributed by atoms with van der Waals surface area (Å²) < 4.78 is 0. The molecule has 7 nitrogen and oxygen atoms in total. The molecule has 2 heterocycles. The zero-order valence-corrected chi connectivity index (χ0v) is 24.6. The van der Waals surface area contributed by atoms with Gasteiger partial charge in [-0.2, -0.15) is 0 Å². The molecule has 1 aromatic heterocycles. The first-order valence-corrected chi connectivity index (χ1v) is 14.5. The summed E-state index contributed by atoms with van der Waals surface area (Å²) in [7, 11) is 1.90. The van der Waals surface area contributed by atoms with Crippen LogP contribution in [0.1, 0.15) is 63.7 Å². The second-order valence-corrected chi connectivity index (χ2v) is 11.7. The van der Waals surface area contributed by atoms with E-state index in [-0.39, 0.29) is 24.0 Å². The molecule has 1 atom stereocenters. The Morgan fingerprint density at radius 2 is 1.73 bits per heavy atom. The second kappa shape index (κ2) is 12.1. The monoisotopic (exact) mass is 579 g/mol. The van der Waals surface area contributed by atoms with E-state index in [4.69, 9.17) is 23.2 Å². The zero-order valence-electron chi connectivity index (χ0n) is 23.1. The number of carbonyl (C=O) groups excluding carboxylic acids is 2. The molecule has 3 amide bonds. The lowest BCUT2D eigenvalue weighted by molar-refractivity contribution is 0.0709. The topological polar surface area (TPSA) is 77.6 Å². The minimum atomic E-state index is -0.274. The van der Waals surface area contributed by atoms with Crippen molar-refractivity contribution < 1.29 is 9.59 Å². The number of fused-ring (bicyclic) bond motifs is 1. The highest BCUT2D eigenvalue weighted by Crippen LogP contribution is 2.33. The quantitative estimate of drug-likeness (QED) is 0.362. The highest BCUT2D eigenvalue weighted by molar-refractivity contribution is 6.35. The first-order chi connectivity index (χ1) is 19.2. The highest BCUT2D eigenvalue weighted by atomic mass is 35.5. The Morgan fingerprint density at radius 3 is 2.42 bits per heavy atom. The summed E-state index contributed by atoms with van der Waals surface area (Å²) in [5.74, 6) is 0.0179. The SMILES string of the molecule is Cc1cc(N2CCC(N(C)C(=O)c3ccc4c(c3)C(NC(=O)NCc3ccc(Cl)cc3Cl)CC4)CC2)cc(C)n1. The van der Waals surface area contributed by atoms with E-state index >= 15 is 0 Å². The summed E-state index contributed by atoms with van der Waals surface area (Å²) in [4.78, 5) is 35.0. The molecule has 1 saturated heterocycles. The molecule has 5 rings (SSSR count). The number of hydrogen-bond acceptors (Lipinski definition) is 4. The van der Waals surface area contributed by atoms with Crippen LogP contribution in [-0.4, -0.2) is 48.0 Å². The van der Waals surface area contributed by atoms with E-state index in [2.05, 4.69) is 32.7 Å². The van der Waals surface area contributed by atoms with Crippen molar-refractivity contribution in [1.29, 1.82) is 0 Å². The Bertz CT molecular complexity index is 1400. The zero-order chi connectivity index (χ0) is 28.4. The normalized spacial score (nSPS) is 16.9. The molecule has 1 fully saturated rings. The minimum absolute atomic E-state index is 0.0179. The van der Waals surface area contributed by atoms with Crippen molar-refractivity contribution in [1.82, 2.24) is 20.5 Å². The molecule has 40 heavy (non-hydrogen) atoms. The number of amides is 3. The van der Waals surface area contributed by atoms with Crippen LogP contribution in [0.3, 0.4) is 0 Å². The van der Waals surface area contributed by atoms with Crippen molar-refractivity contribution in [2.24, 2.45) is 0 Å². The van der Waals surface area contributed by atoms with Gasteiger partial charge in [-0.3, -0.25) is 9.78 Å². The lowest BCUT2D eigenvalue weighted by Crippen LogP contribution is -2.45. The van der Waals surface area contributed by atoms with Crippen LogP contribution in [0.4, 0.5) is 10.5 Å². The van der Waals surface area contributed by atoms with Crippen LogP contribution in [0.25, 0.3) is 0 Å². The number of piperidine rings is 1. The van der Waals surface area contributed by atoms with Crippen molar-refractivity contribution in [2.45, 2.75) is 58.2 Å². The van der Waals surface area contributed by atoms with Crippen LogP contribution in [0.2, 0.25) is 10.0 Å². The van der Waals surface area contributed by atoms with E-state index in [1.807, 2.05) is 44.0 Å². The molecule has 2 aromatic carbocycles. The Labute approximate surface area is 245 Å². The minimum Gasteiger partial charge on any atom is -0.371 e. The average Bonchev–Trinajstić information content (AvgIpc) is 3.33. The van der Waals surface area contributed by atoms with Gasteiger partial charge in [-0.05, 0) is 92.6 Å². The predicted octanol–water partition coefficient (Wildman–Crippen LogP) is 6.23. The molecule has 2 aliphatic rings. The maximum atomic E-state index is 13.5. The number of hydrogen-bond donors (Lipinski definition) is 2. The van der Waals surface area contributed by atoms with E-state index in [1.165, 1.54) is 11.3 Å². The van der Waals surface area contributed by atoms with Crippen molar-refractivity contribution in [3.05, 3.63) is 92.2 Å². The third kappa shape index (κ3) is 6.37. The number of nitrogens with zero attached hydrogens (tertiary/aromatic N) is 3. The molecule has 0 radical (unpaired) electrons. The Kier molecular flexibility index (Phi) is 8.52. The van der Waals surface area contributed by atoms with Gasteiger partial charge in [0.2, 0.25) is 0 Å². The molecule has 1 aliphatic heterocycles. The number of anilines is 1. The van der Waals surface area contributed by atoms with Crippen LogP contribution < -0.4 is 15.5 Å². The molecule has 3 aromatic rings. The van der Waals surface area contributed by atoms with Crippen LogP contribution in [-0.2, 0) is 13.0 Å². The number of benzene rings is 2. The molecule has 9 heteroatoms. The van der Waals surface area contributed by atoms with Gasteiger partial charge in [0.1, 0.15) is 0 Å². The Hall–Kier alpha value is -3.29. The van der Waals surface area contributed by atoms with Gasteiger partial charge in [-0.1, -0.05) is 35.3 Å². The van der Waals surface area contributed by atoms with Gasteiger partial charge in [0.25, 0.3) is 5.91 Å². The molecular formula is C31H35Cl2N5O2. The number of carbonyl (C=O) groups is 2. The summed E-state index contributed by atoms with van der Waals surface area (Å²) in [5.41, 5.74) is 6.88. The summed E-state index contributed by atoms with van der Waals surface area (Å²) in [6.07, 6.45) is 3.48. The number of rotatable bonds is 6. The summed E-state index contributed by atoms with van der Waals surface area (Å²) >= 11 is 12.2. The van der Waals surface area contributed by atoms with Crippen molar-refractivity contribution in [3.8, 4) is 0 Å². The van der Waals surface area contributed by atoms with E-state index in [0.29, 0.717) is 22.2 Å². The lowest BCUT2D eigenvalue weighted by atomic mass is 10.00. The maximum absolute atomic E-state index is 13.5. The maximum Gasteiger partial charge on any atom is 0.315 e. The fourth-order valence-electron chi connectivity index (χ4n) is 5.81. The Morgan fingerprint density at radius 1 is 1.00 bits per heavy atom. The smallest absolute Gasteiger partial charge is 0.315 e. The van der Waals surface area contributed by atoms with Crippen LogP contribution >= 0.6 is 23.2 Å². The fourth-order valence-corrected chi connectivity index (χ4v) is 6.29. The van der Waals surface area contributed by atoms with E-state index in [9.17, 15) is 9.59 Å². The average molecular weight is 581 g/mol. The van der Waals surface area contributed by atoms with Gasteiger partial charge in [0.15, 0.2) is 0 Å². The number of halogens is 2. The predicted molar refractivity (Wildman–Crippen MR) is 160 cm³/mol. The molecule has 1 aliphatic carbocycles. The van der Waals surface area contributed by atoms with Crippen LogP contribution in [0, 0.1) is 13.8 Å². The van der Waals surface area contributed by atoms with Crippen molar-refractivity contribution in [2.75, 3.05) is 25.0 Å². The summed E-state index contributed by atoms with van der Waals surface area (Å²) in [5, 5.41) is 7.01. The van der Waals surface area contributed by atoms with Gasteiger partial charge in [0.05, 0.1) is 6.04 Å². The standard InChI is InChI=1S/C31H35Cl2N5O2/c1-19-14-26(15-20(2)35-19)38-12-10-25(11-13-38)37(3)30(39)22-5-4-21-7-9-29(27(21)16-22)36-31(40)34-18-23-6-8-24(32)17-28(23)33/h4-6,8,14-17,25,29H,7,9-13,18H2,1-3H3,(H2,34,36,40). The van der Waals surface area contributed by atoms with Gasteiger partial charge in [0, 0.05) is 65.4 Å². The molecule has 0 bridgehead atoms. The first-order valence-electron chi connectivity index (χ1n) is 13.8. The number of nitrogens with one attached hydrogen (secondary N) is 2. The van der Waals surface area contributed by atoms with Crippen molar-refractivity contribution in [3.63, 3.8) is 0 Å². The molecule has 0 saturated carbocycles. The van der Waals surface area contributed by atoms with Gasteiger partial charge < -0.3 is 20.4 Å². The third-order valence-corrected chi connectivity index (χ3v) is 8.58. The molecule has 1 unspecified atom stereocenters. The third-order valence-electron chi connectivity index (χ3n) is 7.99. The Balaban J connectivity index is 1.18. The molecule has 2 N–H and O–H groups in total. The molecule has 210 valence electrons. The largest absolute Gasteiger partial charge is 0.371 e. The van der Waals surface area contributed by atoms with Gasteiger partial charge in [-0.25, -0.2) is 4.79 Å². The highest BCUT2D eigenvalue weighted by Gasteiger charge is 2.29. The van der Waals surface area contributed by atoms with Crippen LogP contribution in [0.15, 0.2) is 48.5 Å². The van der Waals surface area contributed by atoms with Crippen molar-refractivity contribution >= 4 is 40.8 Å². The number of pyridine rings is 1. The second-order valence-electron chi connectivity index (χ2n) is 10.8. The number of aryl methyl sites for hydroxylation is 3. The first kappa shape index (κ1) is 28.2. The summed E-state index contributed by atoms with van der Waals surface area (Å²) in [6, 6.07) is 15.1. The number of aromatic nitrogens is 1. The van der Waals surface area contributed by atoms with Crippen LogP contribution in [0.5, 0.6) is 0 Å². The molecular weight excluding hydrogens is 545 g/mol. The number of urea groups is 1. The summed E-state index contributed by atoms with van der Waals surface area (Å²) in [6.45, 7) is 6.14. The van der Waals surface area contributed by atoms with E-state index in [1.54, 1.807) is 18.2 Å². The lowest BCUT2D eigenvalue weighted by Gasteiger charge is -2.38. The van der Waals surface area contributed by atoms with Gasteiger partial charge in [-0.15, -0.1) is 0 Å².